The number of nitrogens with one attached hydrogen (secondary N) is 1. The average molecular weight is 271 g/mol. The van der Waals surface area contributed by atoms with Gasteiger partial charge in [0, 0.05) is 29.6 Å². The Hall–Kier alpha value is -1.81. The Labute approximate surface area is 118 Å². The molecule has 0 saturated heterocycles. The second-order valence-electron chi connectivity index (χ2n) is 5.47. The fourth-order valence-corrected chi connectivity index (χ4v) is 3.30. The van der Waals surface area contributed by atoms with Crippen LogP contribution in [-0.2, 0) is 24.2 Å². The Bertz CT molecular complexity index is 630. The van der Waals surface area contributed by atoms with Gasteiger partial charge in [0.2, 0.25) is 5.91 Å². The Kier molecular flexibility index (Phi) is 3.74. The van der Waals surface area contributed by atoms with Gasteiger partial charge in [0.15, 0.2) is 0 Å². The summed E-state index contributed by atoms with van der Waals surface area (Å²) in [6, 6.07) is 8.54. The van der Waals surface area contributed by atoms with Crippen molar-refractivity contribution in [3.05, 3.63) is 35.5 Å². The Morgan fingerprint density at radius 3 is 2.85 bits per heavy atom. The largest absolute Gasteiger partial charge is 0.344 e. The summed E-state index contributed by atoms with van der Waals surface area (Å²) in [5, 5.41) is 1.36. The first-order chi connectivity index (χ1) is 9.81. The molecule has 20 heavy (non-hydrogen) atoms. The minimum absolute atomic E-state index is 0.106. The summed E-state index contributed by atoms with van der Waals surface area (Å²) in [7, 11) is 0. The lowest BCUT2D eigenvalue weighted by Gasteiger charge is -2.10. The van der Waals surface area contributed by atoms with Gasteiger partial charge >= 0.3 is 0 Å². The van der Waals surface area contributed by atoms with E-state index in [4.69, 9.17) is 5.84 Å². The van der Waals surface area contributed by atoms with Gasteiger partial charge in [0.05, 0.1) is 0 Å². The van der Waals surface area contributed by atoms with Gasteiger partial charge in [-0.05, 0) is 37.3 Å². The topological polar surface area (TPSA) is 60.0 Å². The quantitative estimate of drug-likeness (QED) is 0.389. The first kappa shape index (κ1) is 13.2. The third-order valence-corrected chi connectivity index (χ3v) is 4.26. The number of hydrogen-bond donors (Lipinski definition) is 2. The van der Waals surface area contributed by atoms with E-state index >= 15 is 0 Å². The lowest BCUT2D eigenvalue weighted by Crippen LogP contribution is -2.30. The summed E-state index contributed by atoms with van der Waals surface area (Å²) >= 11 is 0. The van der Waals surface area contributed by atoms with Gasteiger partial charge in [-0.3, -0.25) is 10.2 Å². The third-order valence-electron chi connectivity index (χ3n) is 4.26. The number of hydrogen-bond acceptors (Lipinski definition) is 2. The zero-order valence-corrected chi connectivity index (χ0v) is 11.7. The average Bonchev–Trinajstić information content (AvgIpc) is 2.65. The molecular weight excluding hydrogens is 250 g/mol. The van der Waals surface area contributed by atoms with E-state index in [1.165, 1.54) is 41.4 Å². The van der Waals surface area contributed by atoms with Crippen LogP contribution in [0, 0.1) is 0 Å². The number of rotatable bonds is 3. The lowest BCUT2D eigenvalue weighted by molar-refractivity contribution is -0.121. The molecule has 1 aliphatic rings. The number of hydrazine groups is 1. The molecule has 0 unspecified atom stereocenters. The first-order valence-corrected chi connectivity index (χ1v) is 7.39. The van der Waals surface area contributed by atoms with Crippen LogP contribution in [0.2, 0.25) is 0 Å². The number of aromatic nitrogens is 1. The van der Waals surface area contributed by atoms with Crippen LogP contribution in [0.3, 0.4) is 0 Å². The van der Waals surface area contributed by atoms with E-state index in [-0.39, 0.29) is 5.91 Å². The van der Waals surface area contributed by atoms with Crippen molar-refractivity contribution in [1.29, 1.82) is 0 Å². The van der Waals surface area contributed by atoms with Crippen LogP contribution in [0.25, 0.3) is 10.9 Å². The number of benzene rings is 1. The van der Waals surface area contributed by atoms with Crippen LogP contribution in [-0.4, -0.2) is 10.5 Å². The second-order valence-corrected chi connectivity index (χ2v) is 5.47. The number of amides is 1. The van der Waals surface area contributed by atoms with Crippen molar-refractivity contribution in [2.45, 2.75) is 45.1 Å². The van der Waals surface area contributed by atoms with E-state index in [1.54, 1.807) is 0 Å². The molecular formula is C16H21N3O. The molecule has 4 nitrogen and oxygen atoms in total. The van der Waals surface area contributed by atoms with Crippen molar-refractivity contribution in [3.8, 4) is 0 Å². The lowest BCUT2D eigenvalue weighted by atomic mass is 10.1. The molecule has 1 aromatic heterocycles. The molecule has 1 heterocycles. The van der Waals surface area contributed by atoms with E-state index < -0.39 is 0 Å². The normalized spacial score (nSPS) is 14.8. The smallest absolute Gasteiger partial charge is 0.235 e. The van der Waals surface area contributed by atoms with Gasteiger partial charge in [-0.2, -0.15) is 0 Å². The van der Waals surface area contributed by atoms with Crippen LogP contribution < -0.4 is 11.3 Å². The van der Waals surface area contributed by atoms with Crippen molar-refractivity contribution in [1.82, 2.24) is 9.99 Å². The van der Waals surface area contributed by atoms with Crippen molar-refractivity contribution >= 4 is 16.8 Å². The van der Waals surface area contributed by atoms with Gasteiger partial charge in [0.1, 0.15) is 0 Å². The standard InChI is InChI=1S/C16H21N3O/c17-18-16(20)10-11-19-14-8-3-1-2-6-12(14)13-7-4-5-9-15(13)19/h4-5,7,9H,1-3,6,8,10-11,17H2,(H,18,20). The molecule has 0 bridgehead atoms. The zero-order chi connectivity index (χ0) is 13.9. The molecule has 0 radical (unpaired) electrons. The predicted molar refractivity (Wildman–Crippen MR) is 80.1 cm³/mol. The second kappa shape index (κ2) is 5.67. The summed E-state index contributed by atoms with van der Waals surface area (Å²) in [4.78, 5) is 11.4. The van der Waals surface area contributed by atoms with Crippen molar-refractivity contribution in [2.75, 3.05) is 0 Å². The summed E-state index contributed by atoms with van der Waals surface area (Å²) in [6.07, 6.45) is 6.52. The van der Waals surface area contributed by atoms with E-state index in [1.807, 2.05) is 0 Å². The number of para-hydroxylation sites is 1. The Morgan fingerprint density at radius 1 is 1.20 bits per heavy atom. The molecule has 0 saturated carbocycles. The number of aryl methyl sites for hydroxylation is 2. The molecule has 0 atom stereocenters. The van der Waals surface area contributed by atoms with E-state index in [0.29, 0.717) is 13.0 Å². The monoisotopic (exact) mass is 271 g/mol. The zero-order valence-electron chi connectivity index (χ0n) is 11.7. The van der Waals surface area contributed by atoms with Gasteiger partial charge in [-0.1, -0.05) is 24.6 Å². The van der Waals surface area contributed by atoms with E-state index in [2.05, 4.69) is 34.3 Å². The molecule has 0 fully saturated rings. The summed E-state index contributed by atoms with van der Waals surface area (Å²) < 4.78 is 2.32. The molecule has 1 aliphatic carbocycles. The van der Waals surface area contributed by atoms with Crippen LogP contribution in [0.5, 0.6) is 0 Å². The molecule has 3 rings (SSSR count). The molecule has 0 aliphatic heterocycles. The summed E-state index contributed by atoms with van der Waals surface area (Å²) in [6.45, 7) is 0.707. The van der Waals surface area contributed by atoms with Gasteiger partial charge in [-0.15, -0.1) is 0 Å². The highest BCUT2D eigenvalue weighted by atomic mass is 16.2. The number of nitrogens with zero attached hydrogens (tertiary/aromatic N) is 1. The fourth-order valence-electron chi connectivity index (χ4n) is 3.30. The van der Waals surface area contributed by atoms with Gasteiger partial charge in [-0.25, -0.2) is 5.84 Å². The number of carbonyl (C=O) groups excluding carboxylic acids is 1. The van der Waals surface area contributed by atoms with Crippen molar-refractivity contribution in [3.63, 3.8) is 0 Å². The summed E-state index contributed by atoms with van der Waals surface area (Å²) in [5.74, 6) is 5.07. The molecule has 1 aromatic carbocycles. The van der Waals surface area contributed by atoms with Crippen LogP contribution >= 0.6 is 0 Å². The predicted octanol–water partition coefficient (Wildman–Crippen LogP) is 2.29. The van der Waals surface area contributed by atoms with Crippen LogP contribution in [0.4, 0.5) is 0 Å². The number of fused-ring (bicyclic) bond motifs is 3. The maximum Gasteiger partial charge on any atom is 0.235 e. The Balaban J connectivity index is 2.04. The molecule has 1 amide bonds. The number of nitrogens with two attached hydrogens (primary N) is 1. The SMILES string of the molecule is NNC(=O)CCn1c2c(c3ccccc31)CCCCC2. The minimum atomic E-state index is -0.106. The fraction of sp³-hybridized carbons (Fsp3) is 0.438. The van der Waals surface area contributed by atoms with E-state index in [0.717, 1.165) is 12.8 Å². The highest BCUT2D eigenvalue weighted by Crippen LogP contribution is 2.31. The van der Waals surface area contributed by atoms with E-state index in [9.17, 15) is 4.79 Å². The summed E-state index contributed by atoms with van der Waals surface area (Å²) in [5.41, 5.74) is 6.39. The van der Waals surface area contributed by atoms with Gasteiger partial charge < -0.3 is 4.57 Å². The highest BCUT2D eigenvalue weighted by molar-refractivity contribution is 5.86. The van der Waals surface area contributed by atoms with Crippen LogP contribution in [0.15, 0.2) is 24.3 Å². The Morgan fingerprint density at radius 2 is 2.00 bits per heavy atom. The molecule has 4 heteroatoms. The third kappa shape index (κ3) is 2.31. The van der Waals surface area contributed by atoms with Crippen molar-refractivity contribution < 1.29 is 4.79 Å². The molecule has 3 N–H and O–H groups in total. The highest BCUT2D eigenvalue weighted by Gasteiger charge is 2.18. The van der Waals surface area contributed by atoms with Crippen LogP contribution in [0.1, 0.15) is 36.9 Å². The molecule has 106 valence electrons. The first-order valence-electron chi connectivity index (χ1n) is 7.39. The maximum absolute atomic E-state index is 11.4. The number of carbonyl (C=O) groups is 1. The molecule has 2 aromatic rings. The van der Waals surface area contributed by atoms with Gasteiger partial charge in [0.25, 0.3) is 0 Å². The minimum Gasteiger partial charge on any atom is -0.344 e. The molecule has 0 spiro atoms. The maximum atomic E-state index is 11.4. The van der Waals surface area contributed by atoms with Crippen molar-refractivity contribution in [2.24, 2.45) is 5.84 Å².